The number of likely N-dealkylation sites (tertiary alicyclic amines) is 1. The lowest BCUT2D eigenvalue weighted by Crippen LogP contribution is -2.44. The molecule has 1 amide bonds. The van der Waals surface area contributed by atoms with Gasteiger partial charge in [-0.3, -0.25) is 9.78 Å². The van der Waals surface area contributed by atoms with Gasteiger partial charge in [-0.25, -0.2) is 0 Å². The third-order valence-electron chi connectivity index (χ3n) is 4.47. The fourth-order valence-corrected chi connectivity index (χ4v) is 3.19. The highest BCUT2D eigenvalue weighted by Crippen LogP contribution is 2.28. The summed E-state index contributed by atoms with van der Waals surface area (Å²) in [5.41, 5.74) is 1.34. The Hall–Kier alpha value is -1.46. The second-order valence-electron chi connectivity index (χ2n) is 5.86. The van der Waals surface area contributed by atoms with Crippen LogP contribution in [0.25, 0.3) is 0 Å². The molecule has 1 aromatic heterocycles. The molecule has 1 unspecified atom stereocenters. The van der Waals surface area contributed by atoms with Crippen LogP contribution in [-0.2, 0) is 9.53 Å². The maximum absolute atomic E-state index is 12.5. The van der Waals surface area contributed by atoms with Crippen LogP contribution in [0.15, 0.2) is 24.5 Å². The molecule has 0 spiro atoms. The van der Waals surface area contributed by atoms with Gasteiger partial charge in [0.2, 0.25) is 5.91 Å². The molecule has 5 nitrogen and oxygen atoms in total. The molecule has 21 heavy (non-hydrogen) atoms. The Morgan fingerprint density at radius 2 is 2.05 bits per heavy atom. The van der Waals surface area contributed by atoms with Gasteiger partial charge in [0, 0.05) is 38.6 Å². The summed E-state index contributed by atoms with van der Waals surface area (Å²) >= 11 is 0. The van der Waals surface area contributed by atoms with E-state index in [2.05, 4.69) is 22.4 Å². The van der Waals surface area contributed by atoms with Crippen molar-refractivity contribution in [1.29, 1.82) is 0 Å². The van der Waals surface area contributed by atoms with Crippen molar-refractivity contribution in [1.82, 2.24) is 15.2 Å². The standard InChI is InChI=1S/C16H23N3O2/c20-16(15-11-18-7-10-21-12-15)19-8-3-14(4-9-19)13-1-5-17-6-2-13/h1-2,5-6,14-15,18H,3-4,7-12H2. The number of ether oxygens (including phenoxy) is 1. The molecule has 1 aromatic rings. The fraction of sp³-hybridized carbons (Fsp3) is 0.625. The molecule has 3 rings (SSSR count). The Balaban J connectivity index is 1.54. The van der Waals surface area contributed by atoms with E-state index >= 15 is 0 Å². The van der Waals surface area contributed by atoms with Gasteiger partial charge in [0.25, 0.3) is 0 Å². The van der Waals surface area contributed by atoms with Gasteiger partial charge in [-0.2, -0.15) is 0 Å². The number of nitrogens with zero attached hydrogens (tertiary/aromatic N) is 2. The number of carbonyl (C=O) groups excluding carboxylic acids is 1. The van der Waals surface area contributed by atoms with Gasteiger partial charge in [0.1, 0.15) is 0 Å². The number of amides is 1. The van der Waals surface area contributed by atoms with E-state index in [0.717, 1.165) is 39.0 Å². The van der Waals surface area contributed by atoms with Crippen LogP contribution in [0.4, 0.5) is 0 Å². The molecule has 3 heterocycles. The van der Waals surface area contributed by atoms with Crippen LogP contribution in [0, 0.1) is 5.92 Å². The number of hydrogen-bond acceptors (Lipinski definition) is 4. The number of hydrogen-bond donors (Lipinski definition) is 1. The molecule has 2 aliphatic rings. The molecule has 114 valence electrons. The largest absolute Gasteiger partial charge is 0.379 e. The normalized spacial score (nSPS) is 24.6. The Bertz CT molecular complexity index is 450. The molecule has 0 radical (unpaired) electrons. The summed E-state index contributed by atoms with van der Waals surface area (Å²) in [7, 11) is 0. The summed E-state index contributed by atoms with van der Waals surface area (Å²) in [4.78, 5) is 18.6. The molecule has 1 atom stereocenters. The summed E-state index contributed by atoms with van der Waals surface area (Å²) in [5.74, 6) is 0.781. The molecular weight excluding hydrogens is 266 g/mol. The number of carbonyl (C=O) groups is 1. The molecule has 0 bridgehead atoms. The third kappa shape index (κ3) is 3.60. The fourth-order valence-electron chi connectivity index (χ4n) is 3.19. The first-order valence-electron chi connectivity index (χ1n) is 7.82. The topological polar surface area (TPSA) is 54.5 Å². The van der Waals surface area contributed by atoms with E-state index in [0.29, 0.717) is 19.1 Å². The van der Waals surface area contributed by atoms with Crippen LogP contribution in [-0.4, -0.2) is 55.2 Å². The van der Waals surface area contributed by atoms with Crippen molar-refractivity contribution >= 4 is 5.91 Å². The van der Waals surface area contributed by atoms with E-state index in [1.165, 1.54) is 5.56 Å². The quantitative estimate of drug-likeness (QED) is 0.883. The molecule has 1 N–H and O–H groups in total. The predicted octanol–water partition coefficient (Wildman–Crippen LogP) is 1.02. The zero-order valence-corrected chi connectivity index (χ0v) is 12.3. The van der Waals surface area contributed by atoms with Crippen LogP contribution in [0.2, 0.25) is 0 Å². The van der Waals surface area contributed by atoms with Gasteiger partial charge in [0.05, 0.1) is 19.1 Å². The zero-order valence-electron chi connectivity index (χ0n) is 12.3. The minimum atomic E-state index is -0.0232. The van der Waals surface area contributed by atoms with Gasteiger partial charge in [-0.1, -0.05) is 0 Å². The van der Waals surface area contributed by atoms with Gasteiger partial charge in [-0.15, -0.1) is 0 Å². The highest BCUT2D eigenvalue weighted by molar-refractivity contribution is 5.79. The van der Waals surface area contributed by atoms with Crippen molar-refractivity contribution in [3.63, 3.8) is 0 Å². The SMILES string of the molecule is O=C(C1CNCCOC1)N1CCC(c2ccncc2)CC1. The van der Waals surface area contributed by atoms with Crippen molar-refractivity contribution in [2.24, 2.45) is 5.92 Å². The van der Waals surface area contributed by atoms with E-state index in [4.69, 9.17) is 4.74 Å². The van der Waals surface area contributed by atoms with Crippen molar-refractivity contribution < 1.29 is 9.53 Å². The van der Waals surface area contributed by atoms with Crippen LogP contribution in [0.3, 0.4) is 0 Å². The van der Waals surface area contributed by atoms with Gasteiger partial charge < -0.3 is 15.0 Å². The molecule has 2 aliphatic heterocycles. The molecular formula is C16H23N3O2. The maximum atomic E-state index is 12.5. The first-order chi connectivity index (χ1) is 10.3. The lowest BCUT2D eigenvalue weighted by molar-refractivity contribution is -0.138. The lowest BCUT2D eigenvalue weighted by atomic mass is 9.89. The lowest BCUT2D eigenvalue weighted by Gasteiger charge is -2.34. The summed E-state index contributed by atoms with van der Waals surface area (Å²) in [5, 5.41) is 3.27. The van der Waals surface area contributed by atoms with E-state index < -0.39 is 0 Å². The van der Waals surface area contributed by atoms with Crippen LogP contribution in [0.1, 0.15) is 24.3 Å². The first-order valence-corrected chi connectivity index (χ1v) is 7.82. The molecule has 2 saturated heterocycles. The number of aromatic nitrogens is 1. The van der Waals surface area contributed by atoms with Crippen molar-refractivity contribution in [2.75, 3.05) is 39.4 Å². The molecule has 5 heteroatoms. The Morgan fingerprint density at radius 1 is 1.29 bits per heavy atom. The van der Waals surface area contributed by atoms with Crippen LogP contribution in [0.5, 0.6) is 0 Å². The minimum Gasteiger partial charge on any atom is -0.379 e. The summed E-state index contributed by atoms with van der Waals surface area (Å²) in [6.07, 6.45) is 5.77. The van der Waals surface area contributed by atoms with Crippen molar-refractivity contribution in [3.8, 4) is 0 Å². The van der Waals surface area contributed by atoms with Gasteiger partial charge in [-0.05, 0) is 36.5 Å². The van der Waals surface area contributed by atoms with Gasteiger partial charge in [0.15, 0.2) is 0 Å². The Kier molecular flexibility index (Phi) is 4.83. The van der Waals surface area contributed by atoms with Crippen molar-refractivity contribution in [3.05, 3.63) is 30.1 Å². The molecule has 0 aromatic carbocycles. The Labute approximate surface area is 125 Å². The predicted molar refractivity (Wildman–Crippen MR) is 80.0 cm³/mol. The second-order valence-corrected chi connectivity index (χ2v) is 5.86. The highest BCUT2D eigenvalue weighted by atomic mass is 16.5. The Morgan fingerprint density at radius 3 is 2.81 bits per heavy atom. The summed E-state index contributed by atoms with van der Waals surface area (Å²) in [6, 6.07) is 4.18. The minimum absolute atomic E-state index is 0.0232. The number of rotatable bonds is 2. The average molecular weight is 289 g/mol. The monoisotopic (exact) mass is 289 g/mol. The number of piperidine rings is 1. The maximum Gasteiger partial charge on any atom is 0.229 e. The first kappa shape index (κ1) is 14.5. The zero-order chi connectivity index (χ0) is 14.5. The van der Waals surface area contributed by atoms with E-state index in [9.17, 15) is 4.79 Å². The molecule has 0 saturated carbocycles. The number of nitrogens with one attached hydrogen (secondary N) is 1. The van der Waals surface area contributed by atoms with E-state index in [-0.39, 0.29) is 11.8 Å². The molecule has 2 fully saturated rings. The average Bonchev–Trinajstić information content (AvgIpc) is 2.84. The van der Waals surface area contributed by atoms with Crippen molar-refractivity contribution in [2.45, 2.75) is 18.8 Å². The van der Waals surface area contributed by atoms with E-state index in [1.54, 1.807) is 0 Å². The summed E-state index contributed by atoms with van der Waals surface area (Å²) < 4.78 is 5.49. The van der Waals surface area contributed by atoms with Crippen LogP contribution >= 0.6 is 0 Å². The second kappa shape index (κ2) is 7.00. The summed E-state index contributed by atoms with van der Waals surface area (Å²) in [6.45, 7) is 4.53. The van der Waals surface area contributed by atoms with Crippen LogP contribution < -0.4 is 5.32 Å². The van der Waals surface area contributed by atoms with Gasteiger partial charge >= 0.3 is 0 Å². The third-order valence-corrected chi connectivity index (χ3v) is 4.47. The van der Waals surface area contributed by atoms with E-state index in [1.807, 2.05) is 17.3 Å². The smallest absolute Gasteiger partial charge is 0.229 e. The number of pyridine rings is 1. The molecule has 0 aliphatic carbocycles. The highest BCUT2D eigenvalue weighted by Gasteiger charge is 2.29.